The molecule has 1 aliphatic carbocycles. The molecule has 2 aliphatic heterocycles. The van der Waals surface area contributed by atoms with Crippen LogP contribution in [0.25, 0.3) is 5.52 Å². The first-order valence-corrected chi connectivity index (χ1v) is 16.0. The third-order valence-corrected chi connectivity index (χ3v) is 9.75. The summed E-state index contributed by atoms with van der Waals surface area (Å²) in [6, 6.07) is 10.7. The maximum atomic E-state index is 13.7. The van der Waals surface area contributed by atoms with Crippen molar-refractivity contribution in [3.8, 4) is 17.6 Å². The summed E-state index contributed by atoms with van der Waals surface area (Å²) in [6.45, 7) is 4.51. The number of halogens is 3. The van der Waals surface area contributed by atoms with Crippen molar-refractivity contribution in [2.75, 3.05) is 57.5 Å². The molecule has 1 aromatic carbocycles. The zero-order valence-corrected chi connectivity index (χ0v) is 26.4. The van der Waals surface area contributed by atoms with Crippen molar-refractivity contribution in [1.29, 1.82) is 0 Å². The van der Waals surface area contributed by atoms with E-state index in [1.807, 2.05) is 6.07 Å². The van der Waals surface area contributed by atoms with Gasteiger partial charge in [-0.15, -0.1) is 0 Å². The number of fused-ring (bicyclic) bond motifs is 3. The van der Waals surface area contributed by atoms with E-state index >= 15 is 0 Å². The molecular formula is C33H38F3N5O3S. The summed E-state index contributed by atoms with van der Waals surface area (Å²) in [4.78, 5) is 16.7. The molecular weight excluding hydrogens is 603 g/mol. The number of pyridine rings is 1. The second-order valence-corrected chi connectivity index (χ2v) is 13.8. The van der Waals surface area contributed by atoms with Crippen LogP contribution in [0, 0.1) is 23.7 Å². The Labute approximate surface area is 265 Å². The monoisotopic (exact) mass is 641 g/mol. The molecule has 1 amide bonds. The number of anilines is 2. The number of methoxy groups -OCH3 is 1. The lowest BCUT2D eigenvalue weighted by atomic mass is 9.75. The van der Waals surface area contributed by atoms with Crippen molar-refractivity contribution < 1.29 is 27.8 Å². The van der Waals surface area contributed by atoms with Crippen molar-refractivity contribution in [1.82, 2.24) is 14.2 Å². The second kappa shape index (κ2) is 12.3. The zero-order chi connectivity index (χ0) is 31.9. The van der Waals surface area contributed by atoms with Gasteiger partial charge in [-0.3, -0.25) is 4.79 Å². The van der Waals surface area contributed by atoms with Crippen LogP contribution in [-0.2, 0) is 0 Å². The lowest BCUT2D eigenvalue weighted by Gasteiger charge is -2.44. The predicted molar refractivity (Wildman–Crippen MR) is 170 cm³/mol. The lowest BCUT2D eigenvalue weighted by molar-refractivity contribution is -0.0668. The number of hydrogen-bond acceptors (Lipinski definition) is 7. The number of aromatic nitrogens is 1. The molecule has 2 saturated heterocycles. The first-order valence-electron chi connectivity index (χ1n) is 15.2. The fourth-order valence-corrected chi connectivity index (χ4v) is 7.68. The van der Waals surface area contributed by atoms with Crippen LogP contribution in [-0.4, -0.2) is 89.2 Å². The highest BCUT2D eigenvalue weighted by Crippen LogP contribution is 2.42. The van der Waals surface area contributed by atoms with Crippen LogP contribution in [0.5, 0.6) is 5.75 Å². The Morgan fingerprint density at radius 2 is 1.98 bits per heavy atom. The van der Waals surface area contributed by atoms with Crippen LogP contribution in [0.1, 0.15) is 42.1 Å². The Morgan fingerprint density at radius 3 is 2.71 bits per heavy atom. The van der Waals surface area contributed by atoms with Gasteiger partial charge in [0.1, 0.15) is 10.8 Å². The summed E-state index contributed by atoms with van der Waals surface area (Å²) in [5.74, 6) is 7.38. The summed E-state index contributed by atoms with van der Waals surface area (Å²) in [5.41, 5.74) is -2.54. The van der Waals surface area contributed by atoms with Gasteiger partial charge in [0, 0.05) is 42.7 Å². The number of nitrogens with one attached hydrogen (secondary N) is 2. The number of amides is 1. The molecule has 12 heteroatoms. The van der Waals surface area contributed by atoms with Gasteiger partial charge in [0.05, 0.1) is 54.8 Å². The molecule has 240 valence electrons. The number of piperidine rings is 1. The van der Waals surface area contributed by atoms with Crippen molar-refractivity contribution in [3.05, 3.63) is 53.7 Å². The molecule has 6 rings (SSSR count). The van der Waals surface area contributed by atoms with E-state index < -0.39 is 11.1 Å². The number of alkyl halides is 3. The largest absolute Gasteiger partial charge is 0.495 e. The fourth-order valence-electron chi connectivity index (χ4n) is 6.98. The van der Waals surface area contributed by atoms with Crippen molar-refractivity contribution in [3.63, 3.8) is 0 Å². The topological polar surface area (TPSA) is 81.5 Å². The highest BCUT2D eigenvalue weighted by Gasteiger charge is 2.40. The van der Waals surface area contributed by atoms with Crippen LogP contribution in [0.15, 0.2) is 47.6 Å². The third kappa shape index (κ3) is 7.00. The van der Waals surface area contributed by atoms with E-state index in [0.29, 0.717) is 39.9 Å². The number of carbonyl (C=O) groups excluding carboxylic acids is 1. The number of benzene rings is 1. The first-order chi connectivity index (χ1) is 21.4. The van der Waals surface area contributed by atoms with E-state index in [-0.39, 0.29) is 48.4 Å². The summed E-state index contributed by atoms with van der Waals surface area (Å²) in [6.07, 6.45) is 5.02. The zero-order valence-electron chi connectivity index (χ0n) is 25.6. The standard InChI is InChI=1S/C33H38F3N5O3S/c1-32(43)19-40(20-32)30(42)22-9-11-27(29(16-22)44-3)37-12-4-6-23-15-28-26(7-5-13-41(28)31(23)45-33(34,35)36)38-25-10-8-21-14-24(25)18-39(2)17-21/h5,7,9,11,13,15-16,21,24-25,37-38,43H,8,10,12,14,17-20H2,1-3H3/t21-,24+,25+/m0/s1. The van der Waals surface area contributed by atoms with Crippen molar-refractivity contribution in [2.45, 2.75) is 48.4 Å². The number of nitrogens with zero attached hydrogens (tertiary/aromatic N) is 3. The Balaban J connectivity index is 1.20. The molecule has 2 aromatic heterocycles. The molecule has 3 fully saturated rings. The van der Waals surface area contributed by atoms with Gasteiger partial charge in [-0.1, -0.05) is 11.8 Å². The normalized spacial score (nSPS) is 22.7. The van der Waals surface area contributed by atoms with Gasteiger partial charge in [0.15, 0.2) is 0 Å². The summed E-state index contributed by atoms with van der Waals surface area (Å²) in [7, 11) is 3.65. The molecule has 45 heavy (non-hydrogen) atoms. The van der Waals surface area contributed by atoms with Gasteiger partial charge in [-0.2, -0.15) is 13.2 Å². The van der Waals surface area contributed by atoms with Crippen LogP contribution in [0.3, 0.4) is 0 Å². The van der Waals surface area contributed by atoms with Gasteiger partial charge in [0.25, 0.3) is 5.91 Å². The van der Waals surface area contributed by atoms with Crippen LogP contribution in [0.4, 0.5) is 24.5 Å². The molecule has 3 aromatic rings. The number of carbonyl (C=O) groups is 1. The minimum Gasteiger partial charge on any atom is -0.495 e. The number of thioether (sulfide) groups is 1. The Hall–Kier alpha value is -3.53. The van der Waals surface area contributed by atoms with Crippen LogP contribution in [0.2, 0.25) is 0 Å². The molecule has 1 saturated carbocycles. The predicted octanol–water partition coefficient (Wildman–Crippen LogP) is 5.37. The Bertz CT molecular complexity index is 1640. The molecule has 4 heterocycles. The molecule has 0 unspecified atom stereocenters. The van der Waals surface area contributed by atoms with E-state index in [1.54, 1.807) is 52.8 Å². The highest BCUT2D eigenvalue weighted by molar-refractivity contribution is 8.00. The summed E-state index contributed by atoms with van der Waals surface area (Å²) < 4.78 is 48.1. The molecule has 8 nitrogen and oxygen atoms in total. The van der Waals surface area contributed by atoms with E-state index in [2.05, 4.69) is 34.4 Å². The van der Waals surface area contributed by atoms with Crippen LogP contribution >= 0.6 is 11.8 Å². The van der Waals surface area contributed by atoms with E-state index in [4.69, 9.17) is 4.74 Å². The lowest BCUT2D eigenvalue weighted by Crippen LogP contribution is -2.61. The molecule has 0 radical (unpaired) electrons. The molecule has 3 aliphatic rings. The second-order valence-electron chi connectivity index (χ2n) is 12.7. The number of likely N-dealkylation sites (tertiary alicyclic amines) is 2. The Morgan fingerprint density at radius 1 is 1.18 bits per heavy atom. The molecule has 0 spiro atoms. The molecule has 2 bridgehead atoms. The van der Waals surface area contributed by atoms with Gasteiger partial charge < -0.3 is 34.7 Å². The van der Waals surface area contributed by atoms with Crippen molar-refractivity contribution >= 4 is 34.6 Å². The number of aliphatic hydroxyl groups is 1. The van der Waals surface area contributed by atoms with Gasteiger partial charge >= 0.3 is 5.51 Å². The molecule has 3 atom stereocenters. The summed E-state index contributed by atoms with van der Waals surface area (Å²) >= 11 is -0.159. The average Bonchev–Trinajstić information content (AvgIpc) is 3.31. The van der Waals surface area contributed by atoms with Gasteiger partial charge in [-0.25, -0.2) is 0 Å². The molecule has 3 N–H and O–H groups in total. The summed E-state index contributed by atoms with van der Waals surface area (Å²) in [5, 5.41) is 16.8. The number of hydrogen-bond donors (Lipinski definition) is 3. The quantitative estimate of drug-likeness (QED) is 0.237. The number of β-amino-alcohol motifs (C(OH)–C–C–N with tert-alkyl or cyclic N) is 1. The van der Waals surface area contributed by atoms with E-state index in [0.717, 1.165) is 31.6 Å². The van der Waals surface area contributed by atoms with Crippen LogP contribution < -0.4 is 15.4 Å². The average molecular weight is 642 g/mol. The Kier molecular flexibility index (Phi) is 8.63. The maximum absolute atomic E-state index is 13.7. The number of rotatable bonds is 7. The first kappa shape index (κ1) is 31.5. The SMILES string of the molecule is COc1cc(C(=O)N2CC(C)(O)C2)ccc1NCC#Cc1cc2c(N[C@@H]3CC[C@H]4C[C@@H]3CN(C)C4)cccn2c1SC(F)(F)F. The third-order valence-electron chi connectivity index (χ3n) is 8.91. The van der Waals surface area contributed by atoms with E-state index in [9.17, 15) is 23.1 Å². The number of ether oxygens (including phenoxy) is 1. The van der Waals surface area contributed by atoms with E-state index in [1.165, 1.54) is 13.5 Å². The minimum atomic E-state index is -4.48. The smallest absolute Gasteiger partial charge is 0.447 e. The maximum Gasteiger partial charge on any atom is 0.447 e. The fraction of sp³-hybridized carbons (Fsp3) is 0.485. The van der Waals surface area contributed by atoms with Crippen molar-refractivity contribution in [2.24, 2.45) is 11.8 Å². The van der Waals surface area contributed by atoms with Gasteiger partial charge in [-0.05, 0) is 81.5 Å². The highest BCUT2D eigenvalue weighted by atomic mass is 32.2. The van der Waals surface area contributed by atoms with Gasteiger partial charge in [0.2, 0.25) is 0 Å². The minimum absolute atomic E-state index is 0.0279.